The summed E-state index contributed by atoms with van der Waals surface area (Å²) in [5, 5.41) is 18.2. The Morgan fingerprint density at radius 1 is 0.905 bits per heavy atom. The van der Waals surface area contributed by atoms with E-state index in [2.05, 4.69) is 0 Å². The van der Waals surface area contributed by atoms with Crippen LogP contribution >= 0.6 is 0 Å². The first kappa shape index (κ1) is 14.2. The second kappa shape index (κ2) is 6.84. The van der Waals surface area contributed by atoms with Crippen LogP contribution in [0.15, 0.2) is 66.2 Å². The van der Waals surface area contributed by atoms with E-state index in [0.29, 0.717) is 5.57 Å². The van der Waals surface area contributed by atoms with Crippen LogP contribution in [0.1, 0.15) is 11.1 Å². The van der Waals surface area contributed by atoms with Crippen LogP contribution in [-0.2, 0) is 0 Å². The highest BCUT2D eigenvalue weighted by Gasteiger charge is 2.05. The third kappa shape index (κ3) is 3.65. The van der Waals surface area contributed by atoms with Crippen molar-refractivity contribution in [2.75, 3.05) is 0 Å². The molecule has 0 aliphatic heterocycles. The third-order valence-corrected chi connectivity index (χ3v) is 2.89. The number of halogens is 1. The summed E-state index contributed by atoms with van der Waals surface area (Å²) in [5.74, 6) is -0.305. The van der Waals surface area contributed by atoms with E-state index in [9.17, 15) is 4.39 Å². The van der Waals surface area contributed by atoms with Crippen molar-refractivity contribution in [2.24, 2.45) is 0 Å². The normalized spacial score (nSPS) is 9.86. The molecule has 0 aliphatic rings. The first-order valence-corrected chi connectivity index (χ1v) is 6.28. The lowest BCUT2D eigenvalue weighted by Gasteiger charge is -2.02. The van der Waals surface area contributed by atoms with Crippen LogP contribution in [0.5, 0.6) is 0 Å². The zero-order valence-corrected chi connectivity index (χ0v) is 11.1. The van der Waals surface area contributed by atoms with Gasteiger partial charge < -0.3 is 0 Å². The zero-order valence-electron chi connectivity index (χ0n) is 11.1. The molecule has 100 valence electrons. The van der Waals surface area contributed by atoms with Crippen molar-refractivity contribution < 1.29 is 4.39 Å². The number of nitrogens with zero attached hydrogens (tertiary/aromatic N) is 2. The Morgan fingerprint density at radius 2 is 1.52 bits per heavy atom. The van der Waals surface area contributed by atoms with Gasteiger partial charge in [0.05, 0.1) is 0 Å². The van der Waals surface area contributed by atoms with Gasteiger partial charge in [0.1, 0.15) is 23.5 Å². The summed E-state index contributed by atoms with van der Waals surface area (Å²) in [5.41, 5.74) is 2.17. The SMILES string of the molecule is N#CC(C#N)=C(/C=C/c1ccc(F)cc1)c1ccccc1. The molecule has 2 aromatic carbocycles. The van der Waals surface area contributed by atoms with E-state index in [0.717, 1.165) is 11.1 Å². The summed E-state index contributed by atoms with van der Waals surface area (Å²) in [4.78, 5) is 0. The van der Waals surface area contributed by atoms with E-state index in [1.165, 1.54) is 12.1 Å². The number of hydrogen-bond acceptors (Lipinski definition) is 2. The highest BCUT2D eigenvalue weighted by Crippen LogP contribution is 2.21. The molecule has 2 nitrogen and oxygen atoms in total. The first-order valence-electron chi connectivity index (χ1n) is 6.28. The Hall–Kier alpha value is -3.17. The second-order valence-corrected chi connectivity index (χ2v) is 4.26. The van der Waals surface area contributed by atoms with Crippen LogP contribution in [0.4, 0.5) is 4.39 Å². The summed E-state index contributed by atoms with van der Waals surface area (Å²) in [6.45, 7) is 0. The van der Waals surface area contributed by atoms with E-state index in [-0.39, 0.29) is 11.4 Å². The lowest BCUT2D eigenvalue weighted by Crippen LogP contribution is -1.86. The lowest BCUT2D eigenvalue weighted by molar-refractivity contribution is 0.628. The molecule has 0 fully saturated rings. The Bertz CT molecular complexity index is 742. The van der Waals surface area contributed by atoms with E-state index >= 15 is 0 Å². The van der Waals surface area contributed by atoms with Gasteiger partial charge in [-0.25, -0.2) is 4.39 Å². The molecule has 0 heterocycles. The Morgan fingerprint density at radius 3 is 2.10 bits per heavy atom. The minimum absolute atomic E-state index is 0.0413. The van der Waals surface area contributed by atoms with Crippen molar-refractivity contribution in [3.05, 3.63) is 83.2 Å². The van der Waals surface area contributed by atoms with Gasteiger partial charge in [0.25, 0.3) is 0 Å². The van der Waals surface area contributed by atoms with Gasteiger partial charge in [-0.2, -0.15) is 10.5 Å². The maximum absolute atomic E-state index is 12.9. The van der Waals surface area contributed by atoms with Gasteiger partial charge in [-0.1, -0.05) is 54.6 Å². The number of benzene rings is 2. The molecule has 0 atom stereocenters. The van der Waals surface area contributed by atoms with Crippen LogP contribution in [-0.4, -0.2) is 0 Å². The molecule has 2 aromatic rings. The van der Waals surface area contributed by atoms with E-state index in [4.69, 9.17) is 10.5 Å². The van der Waals surface area contributed by atoms with Crippen LogP contribution in [0.2, 0.25) is 0 Å². The average Bonchev–Trinajstić information content (AvgIpc) is 2.54. The maximum Gasteiger partial charge on any atom is 0.137 e. The summed E-state index contributed by atoms with van der Waals surface area (Å²) in [7, 11) is 0. The van der Waals surface area contributed by atoms with Crippen molar-refractivity contribution in [3.63, 3.8) is 0 Å². The molecule has 2 rings (SSSR count). The quantitative estimate of drug-likeness (QED) is 0.617. The van der Waals surface area contributed by atoms with Crippen molar-refractivity contribution in [1.29, 1.82) is 10.5 Å². The van der Waals surface area contributed by atoms with E-state index < -0.39 is 0 Å². The van der Waals surface area contributed by atoms with Gasteiger partial charge in [-0.3, -0.25) is 0 Å². The smallest absolute Gasteiger partial charge is 0.137 e. The van der Waals surface area contributed by atoms with Crippen molar-refractivity contribution in [1.82, 2.24) is 0 Å². The molecule has 21 heavy (non-hydrogen) atoms. The molecule has 0 N–H and O–H groups in total. The van der Waals surface area contributed by atoms with E-state index in [1.54, 1.807) is 24.3 Å². The van der Waals surface area contributed by atoms with Crippen molar-refractivity contribution >= 4 is 11.6 Å². The second-order valence-electron chi connectivity index (χ2n) is 4.26. The van der Waals surface area contributed by atoms with Crippen molar-refractivity contribution in [2.45, 2.75) is 0 Å². The van der Waals surface area contributed by atoms with E-state index in [1.807, 2.05) is 42.5 Å². The lowest BCUT2D eigenvalue weighted by atomic mass is 10.00. The number of nitriles is 2. The molecule has 0 aliphatic carbocycles. The fraction of sp³-hybridized carbons (Fsp3) is 0. The Kier molecular flexibility index (Phi) is 4.64. The number of hydrogen-bond donors (Lipinski definition) is 0. The standard InChI is InChI=1S/C18H11FN2/c19-17-9-6-14(7-10-17)8-11-18(16(12-20)13-21)15-4-2-1-3-5-15/h1-11H/b11-8+. The summed E-state index contributed by atoms with van der Waals surface area (Å²) >= 11 is 0. The molecular formula is C18H11FN2. The molecule has 0 radical (unpaired) electrons. The molecule has 0 aromatic heterocycles. The zero-order chi connectivity index (χ0) is 15.1. The number of allylic oxidation sites excluding steroid dienone is 3. The van der Waals surface area contributed by atoms with Crippen LogP contribution in [0, 0.1) is 28.5 Å². The predicted octanol–water partition coefficient (Wildman–Crippen LogP) is 4.34. The highest BCUT2D eigenvalue weighted by atomic mass is 19.1. The fourth-order valence-electron chi connectivity index (χ4n) is 1.84. The predicted molar refractivity (Wildman–Crippen MR) is 80.0 cm³/mol. The van der Waals surface area contributed by atoms with Crippen LogP contribution in [0.3, 0.4) is 0 Å². The minimum Gasteiger partial charge on any atom is -0.207 e. The van der Waals surface area contributed by atoms with Gasteiger partial charge in [-0.05, 0) is 23.3 Å². The van der Waals surface area contributed by atoms with Crippen molar-refractivity contribution in [3.8, 4) is 12.1 Å². The Labute approximate surface area is 122 Å². The van der Waals surface area contributed by atoms with Gasteiger partial charge in [0.2, 0.25) is 0 Å². The van der Waals surface area contributed by atoms with Gasteiger partial charge in [0, 0.05) is 5.57 Å². The van der Waals surface area contributed by atoms with Crippen LogP contribution in [0.25, 0.3) is 11.6 Å². The number of rotatable bonds is 3. The topological polar surface area (TPSA) is 47.6 Å². The Balaban J connectivity index is 2.44. The van der Waals surface area contributed by atoms with Gasteiger partial charge in [-0.15, -0.1) is 0 Å². The molecule has 0 amide bonds. The largest absolute Gasteiger partial charge is 0.207 e. The highest BCUT2D eigenvalue weighted by molar-refractivity contribution is 5.85. The average molecular weight is 274 g/mol. The molecule has 3 heteroatoms. The summed E-state index contributed by atoms with van der Waals surface area (Å²) in [6.07, 6.45) is 3.45. The maximum atomic E-state index is 12.9. The molecular weight excluding hydrogens is 263 g/mol. The summed E-state index contributed by atoms with van der Waals surface area (Å²) < 4.78 is 12.9. The molecule has 0 bridgehead atoms. The monoisotopic (exact) mass is 274 g/mol. The third-order valence-electron chi connectivity index (χ3n) is 2.89. The molecule has 0 spiro atoms. The summed E-state index contributed by atoms with van der Waals surface area (Å²) in [6, 6.07) is 19.0. The van der Waals surface area contributed by atoms with Crippen LogP contribution < -0.4 is 0 Å². The van der Waals surface area contributed by atoms with Gasteiger partial charge in [0.15, 0.2) is 0 Å². The fourth-order valence-corrected chi connectivity index (χ4v) is 1.84. The van der Waals surface area contributed by atoms with Gasteiger partial charge >= 0.3 is 0 Å². The minimum atomic E-state index is -0.305. The molecule has 0 saturated carbocycles. The molecule has 0 unspecified atom stereocenters. The first-order chi connectivity index (χ1) is 10.2. The molecule has 0 saturated heterocycles.